The summed E-state index contributed by atoms with van der Waals surface area (Å²) in [7, 11) is 0. The summed E-state index contributed by atoms with van der Waals surface area (Å²) in [4.78, 5) is 10.9. The van der Waals surface area contributed by atoms with Crippen LogP contribution in [0.3, 0.4) is 0 Å². The molecule has 2 rings (SSSR count). The average Bonchev–Trinajstić information content (AvgIpc) is 2.58. The van der Waals surface area contributed by atoms with Gasteiger partial charge in [0, 0.05) is 5.41 Å². The summed E-state index contributed by atoms with van der Waals surface area (Å²) in [5, 5.41) is 8.94. The smallest absolute Gasteiger partial charge is 0.307 e. The summed E-state index contributed by atoms with van der Waals surface area (Å²) in [6.07, 6.45) is 4.32. The SMILES string of the molecule is CC1=CCCC2C(C(=O)O)C12C. The molecule has 0 aromatic carbocycles. The Hall–Kier alpha value is -0.790. The van der Waals surface area contributed by atoms with Gasteiger partial charge in [0.15, 0.2) is 0 Å². The Bertz CT molecular complexity index is 267. The second-order valence-corrected chi connectivity index (χ2v) is 4.17. The summed E-state index contributed by atoms with van der Waals surface area (Å²) < 4.78 is 0. The van der Waals surface area contributed by atoms with Crippen molar-refractivity contribution in [3.63, 3.8) is 0 Å². The molecule has 0 radical (unpaired) electrons. The first-order valence-corrected chi connectivity index (χ1v) is 4.48. The van der Waals surface area contributed by atoms with Crippen molar-refractivity contribution in [3.05, 3.63) is 11.6 Å². The van der Waals surface area contributed by atoms with E-state index in [4.69, 9.17) is 5.11 Å². The summed E-state index contributed by atoms with van der Waals surface area (Å²) >= 11 is 0. The number of fused-ring (bicyclic) bond motifs is 1. The molecular weight excluding hydrogens is 152 g/mol. The van der Waals surface area contributed by atoms with E-state index in [9.17, 15) is 4.79 Å². The molecule has 0 aliphatic heterocycles. The highest BCUT2D eigenvalue weighted by atomic mass is 16.4. The molecule has 0 heterocycles. The van der Waals surface area contributed by atoms with Gasteiger partial charge in [-0.1, -0.05) is 18.6 Å². The number of carboxylic acids is 1. The van der Waals surface area contributed by atoms with Crippen LogP contribution < -0.4 is 0 Å². The summed E-state index contributed by atoms with van der Waals surface area (Å²) in [5.41, 5.74) is 1.29. The van der Waals surface area contributed by atoms with Gasteiger partial charge in [0.05, 0.1) is 5.92 Å². The average molecular weight is 166 g/mol. The Labute approximate surface area is 72.3 Å². The van der Waals surface area contributed by atoms with Crippen molar-refractivity contribution in [1.29, 1.82) is 0 Å². The van der Waals surface area contributed by atoms with Crippen molar-refractivity contribution in [3.8, 4) is 0 Å². The van der Waals surface area contributed by atoms with Gasteiger partial charge >= 0.3 is 5.97 Å². The monoisotopic (exact) mass is 166 g/mol. The van der Waals surface area contributed by atoms with Gasteiger partial charge < -0.3 is 5.11 Å². The van der Waals surface area contributed by atoms with Crippen LogP contribution in [0.2, 0.25) is 0 Å². The number of hydrogen-bond donors (Lipinski definition) is 1. The fourth-order valence-electron chi connectivity index (χ4n) is 2.73. The maximum absolute atomic E-state index is 10.9. The van der Waals surface area contributed by atoms with E-state index in [1.807, 2.05) is 0 Å². The zero-order chi connectivity index (χ0) is 8.93. The lowest BCUT2D eigenvalue weighted by Crippen LogP contribution is -2.08. The second-order valence-electron chi connectivity index (χ2n) is 4.17. The van der Waals surface area contributed by atoms with Crippen LogP contribution >= 0.6 is 0 Å². The predicted octanol–water partition coefficient (Wildman–Crippen LogP) is 2.06. The van der Waals surface area contributed by atoms with Gasteiger partial charge in [0.1, 0.15) is 0 Å². The normalized spacial score (nSPS) is 44.7. The number of hydrogen-bond acceptors (Lipinski definition) is 1. The van der Waals surface area contributed by atoms with E-state index >= 15 is 0 Å². The minimum atomic E-state index is -0.614. The Kier molecular flexibility index (Phi) is 1.39. The molecule has 2 nitrogen and oxygen atoms in total. The molecule has 1 N–H and O–H groups in total. The molecule has 0 aromatic rings. The molecule has 0 spiro atoms. The Morgan fingerprint density at radius 2 is 2.42 bits per heavy atom. The van der Waals surface area contributed by atoms with Crippen LogP contribution in [0.15, 0.2) is 11.6 Å². The third kappa shape index (κ3) is 0.728. The van der Waals surface area contributed by atoms with Crippen LogP contribution in [0.25, 0.3) is 0 Å². The first-order chi connectivity index (χ1) is 5.58. The van der Waals surface area contributed by atoms with E-state index in [-0.39, 0.29) is 11.3 Å². The van der Waals surface area contributed by atoms with Gasteiger partial charge in [-0.05, 0) is 25.7 Å². The molecule has 0 aromatic heterocycles. The first kappa shape index (κ1) is 7.84. The van der Waals surface area contributed by atoms with Crippen LogP contribution in [-0.2, 0) is 4.79 Å². The van der Waals surface area contributed by atoms with Gasteiger partial charge in [-0.2, -0.15) is 0 Å². The van der Waals surface area contributed by atoms with Gasteiger partial charge in [0.25, 0.3) is 0 Å². The highest BCUT2D eigenvalue weighted by molar-refractivity contribution is 5.77. The highest BCUT2D eigenvalue weighted by Crippen LogP contribution is 2.66. The zero-order valence-corrected chi connectivity index (χ0v) is 7.50. The maximum Gasteiger partial charge on any atom is 0.307 e. The van der Waals surface area contributed by atoms with Crippen molar-refractivity contribution in [2.75, 3.05) is 0 Å². The van der Waals surface area contributed by atoms with Gasteiger partial charge in [-0.15, -0.1) is 0 Å². The molecule has 1 saturated carbocycles. The molecule has 0 saturated heterocycles. The van der Waals surface area contributed by atoms with Crippen LogP contribution in [0.1, 0.15) is 26.7 Å². The van der Waals surface area contributed by atoms with Crippen LogP contribution in [0, 0.1) is 17.3 Å². The Morgan fingerprint density at radius 1 is 1.75 bits per heavy atom. The number of allylic oxidation sites excluding steroid dienone is 2. The largest absolute Gasteiger partial charge is 0.481 e. The summed E-state index contributed by atoms with van der Waals surface area (Å²) in [5.74, 6) is -0.298. The van der Waals surface area contributed by atoms with Crippen LogP contribution in [0.4, 0.5) is 0 Å². The van der Waals surface area contributed by atoms with Crippen molar-refractivity contribution >= 4 is 5.97 Å². The van der Waals surface area contributed by atoms with E-state index in [0.717, 1.165) is 12.8 Å². The minimum absolute atomic E-state index is 0.00405. The Morgan fingerprint density at radius 3 is 2.92 bits per heavy atom. The molecule has 2 heteroatoms. The fraction of sp³-hybridized carbons (Fsp3) is 0.700. The van der Waals surface area contributed by atoms with Gasteiger partial charge in [0.2, 0.25) is 0 Å². The highest BCUT2D eigenvalue weighted by Gasteiger charge is 2.66. The lowest BCUT2D eigenvalue weighted by Gasteiger charge is -2.16. The molecule has 2 aliphatic rings. The van der Waals surface area contributed by atoms with Crippen molar-refractivity contribution < 1.29 is 9.90 Å². The minimum Gasteiger partial charge on any atom is -0.481 e. The van der Waals surface area contributed by atoms with E-state index < -0.39 is 5.97 Å². The zero-order valence-electron chi connectivity index (χ0n) is 7.50. The molecule has 66 valence electrons. The quantitative estimate of drug-likeness (QED) is 0.605. The summed E-state index contributed by atoms with van der Waals surface area (Å²) in [6.45, 7) is 4.15. The van der Waals surface area contributed by atoms with E-state index in [1.165, 1.54) is 5.57 Å². The molecule has 0 amide bonds. The standard InChI is InChI=1S/C10H14O2/c1-6-4-3-5-7-8(9(11)12)10(6,7)2/h4,7-8H,3,5H2,1-2H3,(H,11,12). The predicted molar refractivity (Wildman–Crippen MR) is 45.7 cm³/mol. The van der Waals surface area contributed by atoms with Gasteiger partial charge in [-0.3, -0.25) is 4.79 Å². The van der Waals surface area contributed by atoms with Crippen LogP contribution in [-0.4, -0.2) is 11.1 Å². The fourth-order valence-corrected chi connectivity index (χ4v) is 2.73. The number of aliphatic carboxylic acids is 1. The Balaban J connectivity index is 2.29. The number of rotatable bonds is 1. The summed E-state index contributed by atoms with van der Waals surface area (Å²) in [6, 6.07) is 0. The van der Waals surface area contributed by atoms with Gasteiger partial charge in [-0.25, -0.2) is 0 Å². The van der Waals surface area contributed by atoms with E-state index in [2.05, 4.69) is 19.9 Å². The lowest BCUT2D eigenvalue weighted by molar-refractivity contribution is -0.139. The molecule has 1 fully saturated rings. The second kappa shape index (κ2) is 2.12. The lowest BCUT2D eigenvalue weighted by atomic mass is 9.89. The van der Waals surface area contributed by atoms with Crippen LogP contribution in [0.5, 0.6) is 0 Å². The molecule has 12 heavy (non-hydrogen) atoms. The first-order valence-electron chi connectivity index (χ1n) is 4.48. The van der Waals surface area contributed by atoms with E-state index in [1.54, 1.807) is 0 Å². The molecule has 3 unspecified atom stereocenters. The maximum atomic E-state index is 10.9. The number of carbonyl (C=O) groups is 1. The van der Waals surface area contributed by atoms with Crippen molar-refractivity contribution in [2.24, 2.45) is 17.3 Å². The van der Waals surface area contributed by atoms with Crippen molar-refractivity contribution in [1.82, 2.24) is 0 Å². The third-order valence-corrected chi connectivity index (χ3v) is 3.75. The molecular formula is C10H14O2. The molecule has 2 aliphatic carbocycles. The molecule has 0 bridgehead atoms. The topological polar surface area (TPSA) is 37.3 Å². The van der Waals surface area contributed by atoms with Crippen molar-refractivity contribution in [2.45, 2.75) is 26.7 Å². The molecule has 3 atom stereocenters. The van der Waals surface area contributed by atoms with E-state index in [0.29, 0.717) is 5.92 Å². The third-order valence-electron chi connectivity index (χ3n) is 3.75. The number of carboxylic acid groups (broad SMARTS) is 1.